The number of anilines is 1. The number of fused-ring (bicyclic) bond motifs is 1. The van der Waals surface area contributed by atoms with Crippen LogP contribution in [0.4, 0.5) is 5.69 Å². The van der Waals surface area contributed by atoms with Gasteiger partial charge in [0.25, 0.3) is 5.91 Å². The summed E-state index contributed by atoms with van der Waals surface area (Å²) in [5.74, 6) is -0.121. The highest BCUT2D eigenvalue weighted by atomic mass is 79.9. The highest BCUT2D eigenvalue weighted by Crippen LogP contribution is 2.32. The zero-order chi connectivity index (χ0) is 14.1. The highest BCUT2D eigenvalue weighted by molar-refractivity contribution is 9.13. The van der Waals surface area contributed by atoms with Gasteiger partial charge in [0.2, 0.25) is 0 Å². The van der Waals surface area contributed by atoms with Crippen LogP contribution in [0.1, 0.15) is 9.67 Å². The lowest BCUT2D eigenvalue weighted by Crippen LogP contribution is -2.09. The Bertz CT molecular complexity index is 781. The third-order valence-electron chi connectivity index (χ3n) is 2.73. The van der Waals surface area contributed by atoms with E-state index in [1.54, 1.807) is 12.3 Å². The molecule has 0 bridgehead atoms. The first-order chi connectivity index (χ1) is 9.63. The maximum absolute atomic E-state index is 12.2. The van der Waals surface area contributed by atoms with Gasteiger partial charge in [-0.2, -0.15) is 0 Å². The van der Waals surface area contributed by atoms with Crippen molar-refractivity contribution in [2.45, 2.75) is 0 Å². The van der Waals surface area contributed by atoms with E-state index in [2.05, 4.69) is 42.2 Å². The number of rotatable bonds is 2. The first-order valence-corrected chi connectivity index (χ1v) is 8.15. The number of benzene rings is 1. The molecule has 0 atom stereocenters. The maximum atomic E-state index is 12.2. The molecule has 2 aromatic heterocycles. The Hall–Kier alpha value is -1.24. The van der Waals surface area contributed by atoms with Crippen LogP contribution in [0, 0.1) is 0 Å². The van der Waals surface area contributed by atoms with E-state index in [1.165, 1.54) is 11.3 Å². The lowest BCUT2D eigenvalue weighted by atomic mass is 10.2. The van der Waals surface area contributed by atoms with Crippen LogP contribution in [-0.2, 0) is 0 Å². The lowest BCUT2D eigenvalue weighted by molar-refractivity contribution is 0.103. The number of halogens is 2. The predicted molar refractivity (Wildman–Crippen MR) is 89.4 cm³/mol. The van der Waals surface area contributed by atoms with Crippen molar-refractivity contribution in [1.29, 1.82) is 0 Å². The quantitative estimate of drug-likeness (QED) is 0.639. The van der Waals surface area contributed by atoms with Gasteiger partial charge in [-0.05, 0) is 62.2 Å². The number of nitrogens with zero attached hydrogens (tertiary/aromatic N) is 1. The molecule has 0 saturated heterocycles. The minimum Gasteiger partial charge on any atom is -0.321 e. The Morgan fingerprint density at radius 1 is 1.20 bits per heavy atom. The molecule has 100 valence electrons. The first kappa shape index (κ1) is 13.7. The van der Waals surface area contributed by atoms with E-state index in [0.717, 1.165) is 24.8 Å². The van der Waals surface area contributed by atoms with Crippen molar-refractivity contribution in [3.63, 3.8) is 0 Å². The fourth-order valence-corrected chi connectivity index (χ4v) is 3.74. The highest BCUT2D eigenvalue weighted by Gasteiger charge is 2.12. The van der Waals surface area contributed by atoms with E-state index >= 15 is 0 Å². The summed E-state index contributed by atoms with van der Waals surface area (Å²) in [5, 5.41) is 3.89. The standard InChI is InChI=1S/C14H8Br2N2OS/c15-10-7-12(20-13(10)16)14(19)18-9-3-4-11-8(6-9)2-1-5-17-11/h1-7H,(H,18,19). The Morgan fingerprint density at radius 3 is 2.80 bits per heavy atom. The molecule has 1 N–H and O–H groups in total. The average molecular weight is 412 g/mol. The second kappa shape index (κ2) is 5.63. The Balaban J connectivity index is 1.87. The van der Waals surface area contributed by atoms with E-state index in [9.17, 15) is 4.79 Å². The van der Waals surface area contributed by atoms with Crippen molar-refractivity contribution in [1.82, 2.24) is 4.98 Å². The summed E-state index contributed by atoms with van der Waals surface area (Å²) in [7, 11) is 0. The maximum Gasteiger partial charge on any atom is 0.265 e. The van der Waals surface area contributed by atoms with Gasteiger partial charge >= 0.3 is 0 Å². The van der Waals surface area contributed by atoms with E-state index in [0.29, 0.717) is 4.88 Å². The molecule has 20 heavy (non-hydrogen) atoms. The van der Waals surface area contributed by atoms with Crippen molar-refractivity contribution >= 4 is 65.7 Å². The number of pyridine rings is 1. The number of nitrogens with one attached hydrogen (secondary N) is 1. The smallest absolute Gasteiger partial charge is 0.265 e. The third-order valence-corrected chi connectivity index (χ3v) is 5.98. The number of hydrogen-bond acceptors (Lipinski definition) is 3. The molecule has 3 rings (SSSR count). The summed E-state index contributed by atoms with van der Waals surface area (Å²) in [6, 6.07) is 11.3. The normalized spacial score (nSPS) is 10.7. The van der Waals surface area contributed by atoms with Crippen molar-refractivity contribution < 1.29 is 4.79 Å². The van der Waals surface area contributed by atoms with Gasteiger partial charge in [-0.3, -0.25) is 9.78 Å². The second-order valence-electron chi connectivity index (χ2n) is 4.10. The number of hydrogen-bond donors (Lipinski definition) is 1. The van der Waals surface area contributed by atoms with Crippen molar-refractivity contribution in [3.8, 4) is 0 Å². The van der Waals surface area contributed by atoms with Crippen molar-refractivity contribution in [2.75, 3.05) is 5.32 Å². The molecule has 0 spiro atoms. The molecular formula is C14H8Br2N2OS. The van der Waals surface area contributed by atoms with Crippen LogP contribution in [0.5, 0.6) is 0 Å². The summed E-state index contributed by atoms with van der Waals surface area (Å²) in [6.45, 7) is 0. The van der Waals surface area contributed by atoms with E-state index in [-0.39, 0.29) is 5.91 Å². The van der Waals surface area contributed by atoms with Crippen LogP contribution < -0.4 is 5.32 Å². The molecule has 1 aromatic carbocycles. The Morgan fingerprint density at radius 2 is 2.05 bits per heavy atom. The molecular weight excluding hydrogens is 404 g/mol. The van der Waals surface area contributed by atoms with Gasteiger partial charge in [-0.15, -0.1) is 11.3 Å². The molecule has 0 aliphatic carbocycles. The SMILES string of the molecule is O=C(Nc1ccc2ncccc2c1)c1cc(Br)c(Br)s1. The summed E-state index contributed by atoms with van der Waals surface area (Å²) in [4.78, 5) is 17.1. The van der Waals surface area contributed by atoms with Gasteiger partial charge in [0, 0.05) is 21.7 Å². The molecule has 1 amide bonds. The molecule has 0 radical (unpaired) electrons. The minimum atomic E-state index is -0.121. The van der Waals surface area contributed by atoms with E-state index < -0.39 is 0 Å². The predicted octanol–water partition coefficient (Wildman–Crippen LogP) is 5.07. The van der Waals surface area contributed by atoms with Crippen LogP contribution in [0.25, 0.3) is 10.9 Å². The van der Waals surface area contributed by atoms with Crippen molar-refractivity contribution in [2.24, 2.45) is 0 Å². The van der Waals surface area contributed by atoms with E-state index in [4.69, 9.17) is 0 Å². The zero-order valence-corrected chi connectivity index (χ0v) is 14.0. The molecule has 0 aliphatic heterocycles. The largest absolute Gasteiger partial charge is 0.321 e. The number of thiophene rings is 1. The Kier molecular flexibility index (Phi) is 3.87. The fourth-order valence-electron chi connectivity index (χ4n) is 1.80. The van der Waals surface area contributed by atoms with Crippen LogP contribution in [0.15, 0.2) is 50.9 Å². The molecule has 0 aliphatic rings. The van der Waals surface area contributed by atoms with Crippen LogP contribution >= 0.6 is 43.2 Å². The lowest BCUT2D eigenvalue weighted by Gasteiger charge is -2.04. The molecule has 3 nitrogen and oxygen atoms in total. The summed E-state index contributed by atoms with van der Waals surface area (Å²) in [5.41, 5.74) is 1.67. The summed E-state index contributed by atoms with van der Waals surface area (Å²) in [6.07, 6.45) is 1.75. The first-order valence-electron chi connectivity index (χ1n) is 5.74. The van der Waals surface area contributed by atoms with Gasteiger partial charge in [0.1, 0.15) is 0 Å². The second-order valence-corrected chi connectivity index (χ2v) is 7.32. The van der Waals surface area contributed by atoms with Crippen LogP contribution in [-0.4, -0.2) is 10.9 Å². The van der Waals surface area contributed by atoms with Crippen molar-refractivity contribution in [3.05, 3.63) is 55.7 Å². The molecule has 0 fully saturated rings. The Labute approximate surface area is 136 Å². The fraction of sp³-hybridized carbons (Fsp3) is 0. The third kappa shape index (κ3) is 2.77. The van der Waals surface area contributed by atoms with E-state index in [1.807, 2.05) is 30.3 Å². The zero-order valence-electron chi connectivity index (χ0n) is 10.1. The van der Waals surface area contributed by atoms with Gasteiger partial charge in [-0.1, -0.05) is 6.07 Å². The molecule has 2 heterocycles. The minimum absolute atomic E-state index is 0.121. The van der Waals surface area contributed by atoms with Crippen LogP contribution in [0.2, 0.25) is 0 Å². The molecule has 0 unspecified atom stereocenters. The van der Waals surface area contributed by atoms with Gasteiger partial charge in [-0.25, -0.2) is 0 Å². The molecule has 6 heteroatoms. The molecule has 0 saturated carbocycles. The topological polar surface area (TPSA) is 42.0 Å². The number of amides is 1. The van der Waals surface area contributed by atoms with Gasteiger partial charge < -0.3 is 5.32 Å². The summed E-state index contributed by atoms with van der Waals surface area (Å²) >= 11 is 8.15. The number of carbonyl (C=O) groups is 1. The number of aromatic nitrogens is 1. The van der Waals surface area contributed by atoms with Gasteiger partial charge in [0.05, 0.1) is 14.2 Å². The molecule has 3 aromatic rings. The monoisotopic (exact) mass is 410 g/mol. The van der Waals surface area contributed by atoms with Gasteiger partial charge in [0.15, 0.2) is 0 Å². The average Bonchev–Trinajstić information content (AvgIpc) is 2.79. The number of carbonyl (C=O) groups excluding carboxylic acids is 1. The van der Waals surface area contributed by atoms with Crippen LogP contribution in [0.3, 0.4) is 0 Å². The summed E-state index contributed by atoms with van der Waals surface area (Å²) < 4.78 is 1.79.